The van der Waals surface area contributed by atoms with Crippen molar-refractivity contribution in [3.63, 3.8) is 0 Å². The quantitative estimate of drug-likeness (QED) is 0.855. The molecule has 2 rings (SSSR count). The maximum absolute atomic E-state index is 12.0. The van der Waals surface area contributed by atoms with Gasteiger partial charge in [-0.05, 0) is 19.1 Å². The Bertz CT molecular complexity index is 723. The van der Waals surface area contributed by atoms with Gasteiger partial charge in [0.25, 0.3) is 5.56 Å². The smallest absolute Gasteiger partial charge is 0.255 e. The number of ether oxygens (including phenoxy) is 1. The van der Waals surface area contributed by atoms with Gasteiger partial charge in [0.05, 0.1) is 12.3 Å². The highest BCUT2D eigenvalue weighted by Crippen LogP contribution is 2.09. The molecule has 2 aromatic rings. The summed E-state index contributed by atoms with van der Waals surface area (Å²) >= 11 is 0. The molecule has 1 amide bonds. The number of nitrogens with two attached hydrogens (primary N) is 1. The van der Waals surface area contributed by atoms with E-state index in [4.69, 9.17) is 10.5 Å². The monoisotopic (exact) mass is 302 g/mol. The summed E-state index contributed by atoms with van der Waals surface area (Å²) in [7, 11) is 1.50. The predicted molar refractivity (Wildman–Crippen MR) is 83.4 cm³/mol. The first-order valence-electron chi connectivity index (χ1n) is 6.71. The number of anilines is 2. The van der Waals surface area contributed by atoms with Crippen LogP contribution in [-0.4, -0.2) is 22.6 Å². The van der Waals surface area contributed by atoms with Crippen LogP contribution in [0, 0.1) is 6.92 Å². The van der Waals surface area contributed by atoms with Gasteiger partial charge < -0.3 is 15.8 Å². The van der Waals surface area contributed by atoms with Crippen LogP contribution in [0.25, 0.3) is 0 Å². The van der Waals surface area contributed by atoms with Gasteiger partial charge in [-0.2, -0.15) is 0 Å². The summed E-state index contributed by atoms with van der Waals surface area (Å²) in [6.45, 7) is 1.95. The first kappa shape index (κ1) is 15.7. The normalized spacial score (nSPS) is 10.5. The maximum Gasteiger partial charge on any atom is 0.255 e. The fourth-order valence-corrected chi connectivity index (χ4v) is 1.93. The van der Waals surface area contributed by atoms with E-state index in [0.29, 0.717) is 11.4 Å². The van der Waals surface area contributed by atoms with E-state index in [9.17, 15) is 9.59 Å². The van der Waals surface area contributed by atoms with Crippen LogP contribution < -0.4 is 16.6 Å². The van der Waals surface area contributed by atoms with E-state index in [-0.39, 0.29) is 25.0 Å². The number of carbonyl (C=O) groups is 1. The van der Waals surface area contributed by atoms with Gasteiger partial charge in [0.1, 0.15) is 6.54 Å². The highest BCUT2D eigenvalue weighted by molar-refractivity contribution is 5.90. The number of aromatic nitrogens is 2. The first-order chi connectivity index (χ1) is 10.5. The molecule has 7 heteroatoms. The molecule has 0 unspecified atom stereocenters. The van der Waals surface area contributed by atoms with Crippen LogP contribution in [0.5, 0.6) is 0 Å². The number of methoxy groups -OCH3 is 1. The number of nitrogens with one attached hydrogen (secondary N) is 1. The minimum atomic E-state index is -0.390. The standard InChI is InChI=1S/C15H18N4O3/c1-10-3-5-11(6-4-10)17-13(20)8-19-14(21)7-12(9-22-2)18-15(19)16/h3-7H,8-9H2,1-2H3,(H2,16,18)(H,17,20). The molecule has 116 valence electrons. The van der Waals surface area contributed by atoms with Gasteiger partial charge in [0.15, 0.2) is 0 Å². The zero-order valence-electron chi connectivity index (χ0n) is 12.5. The highest BCUT2D eigenvalue weighted by atomic mass is 16.5. The van der Waals surface area contributed by atoms with Crippen LogP contribution in [0.15, 0.2) is 35.1 Å². The van der Waals surface area contributed by atoms with Crippen molar-refractivity contribution in [3.8, 4) is 0 Å². The number of rotatable bonds is 5. The molecule has 22 heavy (non-hydrogen) atoms. The Balaban J connectivity index is 2.11. The van der Waals surface area contributed by atoms with Crippen LogP contribution in [0.4, 0.5) is 11.6 Å². The molecule has 0 saturated heterocycles. The first-order valence-corrected chi connectivity index (χ1v) is 6.71. The average molecular weight is 302 g/mol. The lowest BCUT2D eigenvalue weighted by atomic mass is 10.2. The van der Waals surface area contributed by atoms with E-state index in [1.54, 1.807) is 12.1 Å². The molecule has 0 saturated carbocycles. The molecule has 1 aromatic carbocycles. The predicted octanol–water partition coefficient (Wildman–Crippen LogP) is 0.919. The Morgan fingerprint density at radius 1 is 1.36 bits per heavy atom. The number of nitrogens with zero attached hydrogens (tertiary/aromatic N) is 2. The minimum Gasteiger partial charge on any atom is -0.378 e. The zero-order valence-corrected chi connectivity index (χ0v) is 12.5. The Hall–Kier alpha value is -2.67. The number of aryl methyl sites for hydroxylation is 1. The zero-order chi connectivity index (χ0) is 16.1. The number of hydrogen-bond donors (Lipinski definition) is 2. The van der Waals surface area contributed by atoms with Crippen molar-refractivity contribution in [1.29, 1.82) is 0 Å². The molecule has 0 fully saturated rings. The van der Waals surface area contributed by atoms with Crippen molar-refractivity contribution in [2.24, 2.45) is 0 Å². The fraction of sp³-hybridized carbons (Fsp3) is 0.267. The molecule has 1 heterocycles. The lowest BCUT2D eigenvalue weighted by Crippen LogP contribution is -2.30. The molecule has 0 radical (unpaired) electrons. The molecule has 0 aliphatic heterocycles. The SMILES string of the molecule is COCc1cc(=O)n(CC(=O)Nc2ccc(C)cc2)c(N)n1. The van der Waals surface area contributed by atoms with Gasteiger partial charge in [-0.1, -0.05) is 17.7 Å². The van der Waals surface area contributed by atoms with Gasteiger partial charge in [-0.15, -0.1) is 0 Å². The van der Waals surface area contributed by atoms with Crippen molar-refractivity contribution in [1.82, 2.24) is 9.55 Å². The van der Waals surface area contributed by atoms with Crippen LogP contribution in [0.2, 0.25) is 0 Å². The Labute approximate surface area is 127 Å². The summed E-state index contributed by atoms with van der Waals surface area (Å²) in [5.74, 6) is -0.363. The summed E-state index contributed by atoms with van der Waals surface area (Å²) < 4.78 is 6.02. The van der Waals surface area contributed by atoms with Crippen molar-refractivity contribution in [2.45, 2.75) is 20.1 Å². The summed E-state index contributed by atoms with van der Waals surface area (Å²) in [6, 6.07) is 8.66. The second kappa shape index (κ2) is 6.86. The maximum atomic E-state index is 12.0. The van der Waals surface area contributed by atoms with Crippen molar-refractivity contribution in [2.75, 3.05) is 18.2 Å². The van der Waals surface area contributed by atoms with Gasteiger partial charge in [0, 0.05) is 18.9 Å². The number of carbonyl (C=O) groups excluding carboxylic acids is 1. The van der Waals surface area contributed by atoms with E-state index in [1.807, 2.05) is 19.1 Å². The van der Waals surface area contributed by atoms with E-state index in [1.165, 1.54) is 13.2 Å². The second-order valence-corrected chi connectivity index (χ2v) is 4.88. The van der Waals surface area contributed by atoms with E-state index >= 15 is 0 Å². The minimum absolute atomic E-state index is 0.0152. The largest absolute Gasteiger partial charge is 0.378 e. The number of benzene rings is 1. The summed E-state index contributed by atoms with van der Waals surface area (Å²) in [5, 5.41) is 2.71. The lowest BCUT2D eigenvalue weighted by molar-refractivity contribution is -0.116. The van der Waals surface area contributed by atoms with Crippen LogP contribution in [0.3, 0.4) is 0 Å². The van der Waals surface area contributed by atoms with E-state index in [0.717, 1.165) is 10.1 Å². The summed E-state index contributed by atoms with van der Waals surface area (Å²) in [6.07, 6.45) is 0. The van der Waals surface area contributed by atoms with Crippen LogP contribution >= 0.6 is 0 Å². The molecule has 0 aliphatic carbocycles. The average Bonchev–Trinajstić information content (AvgIpc) is 2.46. The van der Waals surface area contributed by atoms with Crippen molar-refractivity contribution < 1.29 is 9.53 Å². The van der Waals surface area contributed by atoms with Gasteiger partial charge >= 0.3 is 0 Å². The summed E-state index contributed by atoms with van der Waals surface area (Å²) in [4.78, 5) is 28.0. The molecular formula is C15H18N4O3. The molecular weight excluding hydrogens is 284 g/mol. The van der Waals surface area contributed by atoms with Crippen molar-refractivity contribution in [3.05, 3.63) is 51.9 Å². The number of hydrogen-bond acceptors (Lipinski definition) is 5. The van der Waals surface area contributed by atoms with Crippen LogP contribution in [-0.2, 0) is 22.7 Å². The fourth-order valence-electron chi connectivity index (χ4n) is 1.93. The molecule has 1 aromatic heterocycles. The third-order valence-corrected chi connectivity index (χ3v) is 3.02. The number of amides is 1. The molecule has 0 bridgehead atoms. The van der Waals surface area contributed by atoms with Crippen molar-refractivity contribution >= 4 is 17.5 Å². The third kappa shape index (κ3) is 3.92. The Morgan fingerprint density at radius 2 is 2.05 bits per heavy atom. The molecule has 0 spiro atoms. The van der Waals surface area contributed by atoms with E-state index in [2.05, 4.69) is 10.3 Å². The van der Waals surface area contributed by atoms with Gasteiger partial charge in [-0.25, -0.2) is 4.98 Å². The number of nitrogen functional groups attached to an aromatic ring is 1. The summed E-state index contributed by atoms with van der Waals surface area (Å²) in [5.41, 5.74) is 7.52. The van der Waals surface area contributed by atoms with E-state index < -0.39 is 5.56 Å². The second-order valence-electron chi connectivity index (χ2n) is 4.88. The Morgan fingerprint density at radius 3 is 2.64 bits per heavy atom. The molecule has 0 aliphatic rings. The third-order valence-electron chi connectivity index (χ3n) is 3.02. The highest BCUT2D eigenvalue weighted by Gasteiger charge is 2.10. The van der Waals surface area contributed by atoms with Gasteiger partial charge in [0.2, 0.25) is 11.9 Å². The topological polar surface area (TPSA) is 99.2 Å². The van der Waals surface area contributed by atoms with Gasteiger partial charge in [-0.3, -0.25) is 14.2 Å². The lowest BCUT2D eigenvalue weighted by Gasteiger charge is -2.10. The Kier molecular flexibility index (Phi) is 4.90. The molecule has 3 N–H and O–H groups in total. The molecule has 7 nitrogen and oxygen atoms in total. The van der Waals surface area contributed by atoms with Crippen LogP contribution in [0.1, 0.15) is 11.3 Å². The molecule has 0 atom stereocenters.